The summed E-state index contributed by atoms with van der Waals surface area (Å²) in [6.07, 6.45) is 2.03. The Morgan fingerprint density at radius 1 is 1.19 bits per heavy atom. The molecular formula is C15H16N2O2S2. The maximum Gasteiger partial charge on any atom is 0.284 e. The first-order valence-electron chi connectivity index (χ1n) is 6.32. The summed E-state index contributed by atoms with van der Waals surface area (Å²) in [6, 6.07) is 14.9. The van der Waals surface area contributed by atoms with Crippen LogP contribution in [0.5, 0.6) is 0 Å². The van der Waals surface area contributed by atoms with Crippen LogP contribution in [0, 0.1) is 10.1 Å². The molecule has 0 spiro atoms. The molecule has 0 saturated carbocycles. The van der Waals surface area contributed by atoms with Crippen molar-refractivity contribution >= 4 is 39.2 Å². The van der Waals surface area contributed by atoms with Gasteiger partial charge in [0.15, 0.2) is 0 Å². The van der Waals surface area contributed by atoms with Crippen LogP contribution in [0.4, 0.5) is 11.4 Å². The number of para-hydroxylation sites is 1. The standard InChI is InChI=1S/C15H16N2O2S2/c1-3-21(15-7-5-4-6-14(15)17(18)19)16-12-8-10-13(20-2)11-9-12/h3-11,16H,1-2H3. The van der Waals surface area contributed by atoms with Crippen molar-refractivity contribution in [2.75, 3.05) is 11.0 Å². The van der Waals surface area contributed by atoms with Crippen molar-refractivity contribution in [3.63, 3.8) is 0 Å². The summed E-state index contributed by atoms with van der Waals surface area (Å²) in [5.41, 5.74) is 1.10. The average Bonchev–Trinajstić information content (AvgIpc) is 2.53. The zero-order chi connectivity index (χ0) is 15.2. The number of benzene rings is 2. The van der Waals surface area contributed by atoms with Crippen LogP contribution < -0.4 is 4.72 Å². The summed E-state index contributed by atoms with van der Waals surface area (Å²) in [7, 11) is -0.510. The highest BCUT2D eigenvalue weighted by molar-refractivity contribution is 8.16. The van der Waals surface area contributed by atoms with E-state index in [0.29, 0.717) is 4.90 Å². The van der Waals surface area contributed by atoms with E-state index < -0.39 is 10.7 Å². The van der Waals surface area contributed by atoms with Gasteiger partial charge < -0.3 is 4.72 Å². The second kappa shape index (κ2) is 7.28. The first-order chi connectivity index (χ1) is 10.2. The maximum absolute atomic E-state index is 11.1. The summed E-state index contributed by atoms with van der Waals surface area (Å²) in [6.45, 7) is 1.91. The van der Waals surface area contributed by atoms with E-state index in [1.165, 1.54) is 11.0 Å². The van der Waals surface area contributed by atoms with Gasteiger partial charge in [-0.05, 0) is 48.9 Å². The van der Waals surface area contributed by atoms with Crippen LogP contribution >= 0.6 is 22.4 Å². The fourth-order valence-electron chi connectivity index (χ4n) is 1.82. The molecule has 0 aromatic heterocycles. The predicted molar refractivity (Wildman–Crippen MR) is 92.5 cm³/mol. The van der Waals surface area contributed by atoms with E-state index in [-0.39, 0.29) is 10.6 Å². The molecule has 0 heterocycles. The van der Waals surface area contributed by atoms with Crippen LogP contribution in [-0.4, -0.2) is 16.5 Å². The van der Waals surface area contributed by atoms with Gasteiger partial charge in [-0.1, -0.05) is 22.8 Å². The Bertz CT molecular complexity index is 670. The van der Waals surface area contributed by atoms with Gasteiger partial charge in [0.25, 0.3) is 5.69 Å². The van der Waals surface area contributed by atoms with Crippen LogP contribution in [0.25, 0.3) is 0 Å². The molecule has 0 amide bonds. The lowest BCUT2D eigenvalue weighted by Gasteiger charge is -2.13. The molecule has 2 rings (SSSR count). The smallest absolute Gasteiger partial charge is 0.284 e. The van der Waals surface area contributed by atoms with E-state index in [9.17, 15) is 10.1 Å². The van der Waals surface area contributed by atoms with E-state index >= 15 is 0 Å². The number of nitro benzene ring substituents is 1. The number of rotatable bonds is 5. The number of nitro groups is 1. The molecule has 0 bridgehead atoms. The molecule has 2 aromatic rings. The Morgan fingerprint density at radius 3 is 2.43 bits per heavy atom. The molecule has 4 nitrogen and oxygen atoms in total. The van der Waals surface area contributed by atoms with Gasteiger partial charge in [0.1, 0.15) is 0 Å². The highest BCUT2D eigenvalue weighted by Crippen LogP contribution is 2.35. The molecule has 0 aliphatic carbocycles. The summed E-state index contributed by atoms with van der Waals surface area (Å²) in [4.78, 5) is 12.7. The molecule has 0 aliphatic rings. The zero-order valence-corrected chi connectivity index (χ0v) is 13.4. The number of anilines is 1. The summed E-state index contributed by atoms with van der Waals surface area (Å²) < 4.78 is 3.35. The molecule has 1 atom stereocenters. The Balaban J connectivity index is 2.30. The Hall–Kier alpha value is -1.79. The van der Waals surface area contributed by atoms with Crippen LogP contribution in [0.2, 0.25) is 0 Å². The molecule has 21 heavy (non-hydrogen) atoms. The van der Waals surface area contributed by atoms with Crippen molar-refractivity contribution in [2.45, 2.75) is 16.7 Å². The Morgan fingerprint density at radius 2 is 1.86 bits per heavy atom. The van der Waals surface area contributed by atoms with Gasteiger partial charge in [0.2, 0.25) is 0 Å². The predicted octanol–water partition coefficient (Wildman–Crippen LogP) is 4.79. The molecule has 0 aliphatic heterocycles. The van der Waals surface area contributed by atoms with Crippen molar-refractivity contribution in [2.24, 2.45) is 0 Å². The molecule has 1 N–H and O–H groups in total. The van der Waals surface area contributed by atoms with Crippen molar-refractivity contribution in [3.05, 3.63) is 58.6 Å². The lowest BCUT2D eigenvalue weighted by atomic mass is 10.3. The van der Waals surface area contributed by atoms with Crippen molar-refractivity contribution in [3.8, 4) is 0 Å². The molecule has 2 aromatic carbocycles. The lowest BCUT2D eigenvalue weighted by Crippen LogP contribution is -1.97. The number of nitrogens with one attached hydrogen (secondary N) is 1. The van der Waals surface area contributed by atoms with Crippen molar-refractivity contribution in [1.82, 2.24) is 0 Å². The topological polar surface area (TPSA) is 55.2 Å². The number of hydrogen-bond acceptors (Lipinski definition) is 4. The monoisotopic (exact) mass is 320 g/mol. The summed E-state index contributed by atoms with van der Waals surface area (Å²) >= 11 is 1.68. The molecule has 110 valence electrons. The van der Waals surface area contributed by atoms with Gasteiger partial charge in [-0.15, -0.1) is 11.8 Å². The van der Waals surface area contributed by atoms with E-state index in [1.54, 1.807) is 23.9 Å². The van der Waals surface area contributed by atoms with Gasteiger partial charge in [-0.3, -0.25) is 10.1 Å². The van der Waals surface area contributed by atoms with Crippen LogP contribution in [0.3, 0.4) is 0 Å². The van der Waals surface area contributed by atoms with E-state index in [4.69, 9.17) is 0 Å². The normalized spacial score (nSPS) is 12.1. The molecule has 1 unspecified atom stereocenters. The number of nitrogens with zero attached hydrogens (tertiary/aromatic N) is 1. The molecule has 0 fully saturated rings. The molecule has 6 heteroatoms. The largest absolute Gasteiger partial charge is 0.332 e. The fraction of sp³-hybridized carbons (Fsp3) is 0.133. The second-order valence-corrected chi connectivity index (χ2v) is 6.80. The van der Waals surface area contributed by atoms with Gasteiger partial charge in [0.05, 0.1) is 9.82 Å². The van der Waals surface area contributed by atoms with Gasteiger partial charge in [-0.2, -0.15) is 0 Å². The first kappa shape index (κ1) is 15.6. The number of hydrogen-bond donors (Lipinski definition) is 1. The first-order valence-corrected chi connectivity index (χ1v) is 8.83. The summed E-state index contributed by atoms with van der Waals surface area (Å²) in [5.74, 6) is 0. The quantitative estimate of drug-likeness (QED) is 0.372. The third-order valence-electron chi connectivity index (χ3n) is 2.85. The number of thioether (sulfide) groups is 1. The highest BCUT2D eigenvalue weighted by Gasteiger charge is 2.15. The minimum absolute atomic E-state index is 0.146. The van der Waals surface area contributed by atoms with Crippen LogP contribution in [0.1, 0.15) is 6.92 Å². The third kappa shape index (κ3) is 3.86. The third-order valence-corrected chi connectivity index (χ3v) is 5.34. The molecule has 0 saturated heterocycles. The van der Waals surface area contributed by atoms with E-state index in [2.05, 4.69) is 4.72 Å². The SMILES string of the molecule is C/C=S(\Nc1ccc(SC)cc1)c1ccccc1[N+](=O)[O-]. The zero-order valence-electron chi connectivity index (χ0n) is 11.8. The minimum Gasteiger partial charge on any atom is -0.332 e. The second-order valence-electron chi connectivity index (χ2n) is 4.13. The Kier molecular flexibility index (Phi) is 5.41. The maximum atomic E-state index is 11.1. The van der Waals surface area contributed by atoms with Crippen molar-refractivity contribution in [1.29, 1.82) is 0 Å². The average molecular weight is 320 g/mol. The fourth-order valence-corrected chi connectivity index (χ4v) is 3.69. The minimum atomic E-state index is -0.510. The van der Waals surface area contributed by atoms with Crippen LogP contribution in [0.15, 0.2) is 58.3 Å². The lowest BCUT2D eigenvalue weighted by molar-refractivity contribution is -0.387. The summed E-state index contributed by atoms with van der Waals surface area (Å²) in [5, 5.41) is 13.1. The van der Waals surface area contributed by atoms with E-state index in [0.717, 1.165) is 5.69 Å². The van der Waals surface area contributed by atoms with E-state index in [1.807, 2.05) is 48.9 Å². The van der Waals surface area contributed by atoms with Gasteiger partial charge >= 0.3 is 0 Å². The van der Waals surface area contributed by atoms with Gasteiger partial charge in [0, 0.05) is 16.6 Å². The highest BCUT2D eigenvalue weighted by atomic mass is 32.2. The molecule has 0 radical (unpaired) electrons. The van der Waals surface area contributed by atoms with Crippen LogP contribution in [-0.2, 0) is 0 Å². The van der Waals surface area contributed by atoms with Gasteiger partial charge in [-0.25, -0.2) is 0 Å². The van der Waals surface area contributed by atoms with Crippen molar-refractivity contribution < 1.29 is 4.92 Å². The Labute approximate surface area is 130 Å². The molecular weight excluding hydrogens is 304 g/mol.